The third kappa shape index (κ3) is 6.59. The fourth-order valence-corrected chi connectivity index (χ4v) is 9.00. The van der Waals surface area contributed by atoms with Gasteiger partial charge in [-0.25, -0.2) is 9.97 Å². The van der Waals surface area contributed by atoms with Crippen LogP contribution in [0.5, 0.6) is 0 Å². The molecule has 308 valence electrons. The molecule has 10 nitrogen and oxygen atoms in total. The number of aromatic nitrogens is 4. The second kappa shape index (κ2) is 14.8. The van der Waals surface area contributed by atoms with Crippen molar-refractivity contribution in [2.75, 3.05) is 10.6 Å². The summed E-state index contributed by atoms with van der Waals surface area (Å²) in [4.78, 5) is 68.7. The van der Waals surface area contributed by atoms with Gasteiger partial charge in [0.05, 0.1) is 22.1 Å². The van der Waals surface area contributed by atoms with Crippen LogP contribution in [-0.2, 0) is 6.42 Å². The van der Waals surface area contributed by atoms with Gasteiger partial charge in [-0.05, 0) is 149 Å². The number of H-pyrrole nitrogens is 2. The molecule has 2 aromatic heterocycles. The second-order valence-electron chi connectivity index (χ2n) is 16.4. The summed E-state index contributed by atoms with van der Waals surface area (Å²) in [7, 11) is 0. The van der Waals surface area contributed by atoms with E-state index in [0.29, 0.717) is 51.2 Å². The molecule has 0 bridgehead atoms. The second-order valence-corrected chi connectivity index (χ2v) is 16.4. The first-order valence-corrected chi connectivity index (χ1v) is 21.2. The molecule has 2 aliphatic carbocycles. The minimum Gasteiger partial charge on any atom is -0.338 e. The number of amides is 2. The van der Waals surface area contributed by atoms with Gasteiger partial charge in [0.1, 0.15) is 11.6 Å². The highest BCUT2D eigenvalue weighted by molar-refractivity contribution is 6.23. The highest BCUT2D eigenvalue weighted by Gasteiger charge is 2.28. The van der Waals surface area contributed by atoms with Crippen LogP contribution in [0, 0.1) is 0 Å². The van der Waals surface area contributed by atoms with Gasteiger partial charge in [0.2, 0.25) is 0 Å². The van der Waals surface area contributed by atoms with Crippen LogP contribution in [0.2, 0.25) is 0 Å². The molecule has 0 saturated carbocycles. The number of nitrogens with zero attached hydrogens (tertiary/aromatic N) is 2. The van der Waals surface area contributed by atoms with E-state index in [1.165, 1.54) is 0 Å². The van der Waals surface area contributed by atoms with E-state index in [0.717, 1.165) is 78.2 Å². The Labute approximate surface area is 371 Å². The molecule has 0 unspecified atom stereocenters. The zero-order valence-electron chi connectivity index (χ0n) is 34.4. The van der Waals surface area contributed by atoms with Crippen molar-refractivity contribution in [1.29, 1.82) is 0 Å². The molecule has 0 atom stereocenters. The number of hydrogen-bond acceptors (Lipinski definition) is 6. The maximum Gasteiger partial charge on any atom is 0.255 e. The third-order valence-corrected chi connectivity index (χ3v) is 12.3. The maximum atomic E-state index is 13.3. The summed E-state index contributed by atoms with van der Waals surface area (Å²) in [6.07, 6.45) is 0.700. The minimum atomic E-state index is -0.254. The van der Waals surface area contributed by atoms with E-state index in [1.54, 1.807) is 36.4 Å². The van der Waals surface area contributed by atoms with Crippen LogP contribution in [0.3, 0.4) is 0 Å². The van der Waals surface area contributed by atoms with Gasteiger partial charge in [-0.15, -0.1) is 0 Å². The number of benzene rings is 8. The van der Waals surface area contributed by atoms with E-state index in [2.05, 4.69) is 44.9 Å². The Balaban J connectivity index is 0.698. The maximum absolute atomic E-state index is 13.3. The van der Waals surface area contributed by atoms with Crippen LogP contribution in [0.1, 0.15) is 63.7 Å². The monoisotopic (exact) mass is 842 g/mol. The number of imidazole rings is 2. The first kappa shape index (κ1) is 37.7. The summed E-state index contributed by atoms with van der Waals surface area (Å²) in [5.41, 5.74) is 15.6. The molecule has 2 heterocycles. The number of fused-ring (bicyclic) bond motifs is 8. The molecule has 65 heavy (non-hydrogen) atoms. The molecule has 12 rings (SSSR count). The summed E-state index contributed by atoms with van der Waals surface area (Å²) in [6.45, 7) is 0. The quantitative estimate of drug-likeness (QED) is 0.120. The highest BCUT2D eigenvalue weighted by Crippen LogP contribution is 2.38. The van der Waals surface area contributed by atoms with Gasteiger partial charge in [-0.2, -0.15) is 0 Å². The van der Waals surface area contributed by atoms with Crippen molar-refractivity contribution in [3.05, 3.63) is 214 Å². The molecular weight excluding hydrogens is 809 g/mol. The lowest BCUT2D eigenvalue weighted by Gasteiger charge is -2.08. The molecule has 8 aromatic carbocycles. The summed E-state index contributed by atoms with van der Waals surface area (Å²) in [5, 5.41) is 5.96. The van der Waals surface area contributed by atoms with Crippen molar-refractivity contribution in [3.8, 4) is 45.0 Å². The Morgan fingerprint density at radius 2 is 0.877 bits per heavy atom. The highest BCUT2D eigenvalue weighted by atomic mass is 16.2. The lowest BCUT2D eigenvalue weighted by molar-refractivity contribution is 0.101. The SMILES string of the molecule is O=C(Nc1ccc(-c2nc3cc(Cc4ccc5nc(-c6ccc(NC(=O)c7ccc8c(c7)-c7ccccc7C8=O)cc6)[nH]c5c4)ccc3[nH]2)cc1)c1ccc2c(c1)-c1ccccc1C2=O. The predicted octanol–water partition coefficient (Wildman–Crippen LogP) is 11.3. The standard InChI is InChI=1S/C55H34N6O4/c62-50-40-7-3-1-5-38(40)44-28-34(15-21-42(44)50)54(64)56-36-17-11-32(12-18-36)52-58-46-23-9-30(26-48(46)60-52)25-31-10-24-47-49(27-31)61-53(59-47)33-13-19-37(20-14-33)57-55(65)35-16-22-43-45(29-35)39-6-2-4-8-41(39)51(43)63/h1-24,26-29H,25H2,(H,56,64)(H,57,65)(H,58,60)(H,59,61). The van der Waals surface area contributed by atoms with Gasteiger partial charge in [0.15, 0.2) is 11.6 Å². The molecule has 0 fully saturated rings. The van der Waals surface area contributed by atoms with Crippen molar-refractivity contribution in [2.24, 2.45) is 0 Å². The first-order chi connectivity index (χ1) is 31.8. The van der Waals surface area contributed by atoms with E-state index in [1.807, 2.05) is 109 Å². The van der Waals surface area contributed by atoms with Crippen LogP contribution < -0.4 is 10.6 Å². The normalized spacial score (nSPS) is 12.2. The summed E-state index contributed by atoms with van der Waals surface area (Å²) >= 11 is 0. The summed E-state index contributed by atoms with van der Waals surface area (Å²) in [5.74, 6) is 0.904. The van der Waals surface area contributed by atoms with Gasteiger partial charge in [0, 0.05) is 55.9 Å². The first-order valence-electron chi connectivity index (χ1n) is 21.2. The smallest absolute Gasteiger partial charge is 0.255 e. The number of anilines is 2. The zero-order valence-corrected chi connectivity index (χ0v) is 34.4. The van der Waals surface area contributed by atoms with E-state index in [4.69, 9.17) is 9.97 Å². The molecule has 0 spiro atoms. The van der Waals surface area contributed by atoms with Crippen molar-refractivity contribution in [1.82, 2.24) is 19.9 Å². The average Bonchev–Trinajstić information content (AvgIpc) is 4.11. The largest absolute Gasteiger partial charge is 0.338 e. The van der Waals surface area contributed by atoms with Gasteiger partial charge >= 0.3 is 0 Å². The van der Waals surface area contributed by atoms with Gasteiger partial charge in [0.25, 0.3) is 11.8 Å². The number of carbonyl (C=O) groups is 4. The van der Waals surface area contributed by atoms with Crippen molar-refractivity contribution < 1.29 is 19.2 Å². The van der Waals surface area contributed by atoms with E-state index in [-0.39, 0.29) is 23.4 Å². The molecule has 4 N–H and O–H groups in total. The van der Waals surface area contributed by atoms with E-state index >= 15 is 0 Å². The van der Waals surface area contributed by atoms with Gasteiger partial charge in [-0.3, -0.25) is 19.2 Å². The predicted molar refractivity (Wildman–Crippen MR) is 252 cm³/mol. The third-order valence-electron chi connectivity index (χ3n) is 12.3. The summed E-state index contributed by atoms with van der Waals surface area (Å²) in [6, 6.07) is 52.9. The van der Waals surface area contributed by atoms with Crippen molar-refractivity contribution in [2.45, 2.75) is 6.42 Å². The van der Waals surface area contributed by atoms with Crippen LogP contribution in [0.25, 0.3) is 67.1 Å². The molecule has 2 amide bonds. The Hall–Kier alpha value is -9.02. The van der Waals surface area contributed by atoms with Crippen LogP contribution in [0.4, 0.5) is 11.4 Å². The molecular formula is C55H34N6O4. The number of carbonyl (C=O) groups excluding carboxylic acids is 4. The molecule has 2 aliphatic rings. The minimum absolute atomic E-state index is 0.0186. The fourth-order valence-electron chi connectivity index (χ4n) is 9.00. The van der Waals surface area contributed by atoms with Crippen LogP contribution >= 0.6 is 0 Å². The Kier molecular flexibility index (Phi) is 8.60. The number of rotatable bonds is 8. The molecule has 0 radical (unpaired) electrons. The topological polar surface area (TPSA) is 150 Å². The number of ketones is 2. The lowest BCUT2D eigenvalue weighted by atomic mass is 10.0. The van der Waals surface area contributed by atoms with Gasteiger partial charge in [-0.1, -0.05) is 60.7 Å². The van der Waals surface area contributed by atoms with Crippen LogP contribution in [-0.4, -0.2) is 43.3 Å². The summed E-state index contributed by atoms with van der Waals surface area (Å²) < 4.78 is 0. The average molecular weight is 843 g/mol. The van der Waals surface area contributed by atoms with E-state index < -0.39 is 0 Å². The number of hydrogen-bond donors (Lipinski definition) is 4. The number of nitrogens with one attached hydrogen (secondary N) is 4. The Morgan fingerprint density at radius 1 is 0.415 bits per heavy atom. The zero-order chi connectivity index (χ0) is 43.8. The molecule has 10 heteroatoms. The molecule has 10 aromatic rings. The molecule has 0 aliphatic heterocycles. The van der Waals surface area contributed by atoms with Crippen molar-refractivity contribution >= 4 is 56.8 Å². The lowest BCUT2D eigenvalue weighted by Crippen LogP contribution is -2.12. The van der Waals surface area contributed by atoms with Crippen molar-refractivity contribution in [3.63, 3.8) is 0 Å². The van der Waals surface area contributed by atoms with Crippen LogP contribution in [0.15, 0.2) is 170 Å². The Bertz CT molecular complexity index is 3420. The Morgan fingerprint density at radius 3 is 1.43 bits per heavy atom. The van der Waals surface area contributed by atoms with Gasteiger partial charge < -0.3 is 20.6 Å². The molecule has 0 saturated heterocycles. The van der Waals surface area contributed by atoms with E-state index in [9.17, 15) is 19.2 Å². The fraction of sp³-hybridized carbons (Fsp3) is 0.0182. The number of aromatic amines is 2.